The van der Waals surface area contributed by atoms with Crippen molar-refractivity contribution in [1.29, 1.82) is 0 Å². The number of methoxy groups -OCH3 is 1. The van der Waals surface area contributed by atoms with Crippen molar-refractivity contribution in [2.24, 2.45) is 0 Å². The van der Waals surface area contributed by atoms with E-state index in [1.807, 2.05) is 0 Å². The number of nitrogens with one attached hydrogen (secondary N) is 1. The molecule has 0 aliphatic rings. The zero-order valence-electron chi connectivity index (χ0n) is 17.1. The second kappa shape index (κ2) is 10.1. The summed E-state index contributed by atoms with van der Waals surface area (Å²) in [7, 11) is -2.83. The zero-order chi connectivity index (χ0) is 23.5. The molecule has 0 aliphatic heterocycles. The molecule has 0 bridgehead atoms. The summed E-state index contributed by atoms with van der Waals surface area (Å²) in [5.74, 6) is -0.384. The SMILES string of the molecule is COc1ccc(C)cc1S(=O)(=O)N(CC(=O)Nc1ccccc1Br)c1ccc(Cl)c(Cl)c1. The first-order chi connectivity index (χ1) is 15.1. The molecule has 1 N–H and O–H groups in total. The van der Waals surface area contributed by atoms with Gasteiger partial charge in [-0.25, -0.2) is 8.42 Å². The average molecular weight is 558 g/mol. The van der Waals surface area contributed by atoms with Crippen LogP contribution in [0, 0.1) is 6.92 Å². The molecule has 6 nitrogen and oxygen atoms in total. The molecular formula is C22H19BrCl2N2O4S. The second-order valence-corrected chi connectivity index (χ2v) is 10.3. The first-order valence-corrected chi connectivity index (χ1v) is 12.3. The van der Waals surface area contributed by atoms with Gasteiger partial charge in [0.05, 0.1) is 28.5 Å². The van der Waals surface area contributed by atoms with Crippen LogP contribution in [0.1, 0.15) is 5.56 Å². The molecule has 1 amide bonds. The first-order valence-electron chi connectivity index (χ1n) is 9.30. The molecule has 32 heavy (non-hydrogen) atoms. The van der Waals surface area contributed by atoms with E-state index in [1.165, 1.54) is 31.4 Å². The smallest absolute Gasteiger partial charge is 0.268 e. The molecule has 0 saturated heterocycles. The number of halogens is 3. The van der Waals surface area contributed by atoms with Crippen LogP contribution in [-0.4, -0.2) is 28.0 Å². The van der Waals surface area contributed by atoms with E-state index in [4.69, 9.17) is 27.9 Å². The number of carbonyl (C=O) groups is 1. The third kappa shape index (κ3) is 5.38. The molecule has 0 fully saturated rings. The number of benzene rings is 3. The Morgan fingerprint density at radius 1 is 1.06 bits per heavy atom. The lowest BCUT2D eigenvalue weighted by atomic mass is 10.2. The molecule has 0 unspecified atom stereocenters. The van der Waals surface area contributed by atoms with Gasteiger partial charge in [-0.2, -0.15) is 0 Å². The van der Waals surface area contributed by atoms with Crippen LogP contribution in [0.25, 0.3) is 0 Å². The Morgan fingerprint density at radius 3 is 2.44 bits per heavy atom. The molecule has 0 aliphatic carbocycles. The normalized spacial score (nSPS) is 11.2. The third-order valence-electron chi connectivity index (χ3n) is 4.51. The van der Waals surface area contributed by atoms with Crippen molar-refractivity contribution >= 4 is 66.4 Å². The number of rotatable bonds is 7. The van der Waals surface area contributed by atoms with Gasteiger partial charge >= 0.3 is 0 Å². The number of aryl methyl sites for hydroxylation is 1. The minimum atomic E-state index is -4.21. The van der Waals surface area contributed by atoms with Crippen LogP contribution in [0.3, 0.4) is 0 Å². The van der Waals surface area contributed by atoms with Gasteiger partial charge in [-0.15, -0.1) is 0 Å². The summed E-state index contributed by atoms with van der Waals surface area (Å²) in [6.45, 7) is 1.26. The van der Waals surface area contributed by atoms with E-state index in [1.54, 1.807) is 43.3 Å². The van der Waals surface area contributed by atoms with Crippen LogP contribution in [-0.2, 0) is 14.8 Å². The van der Waals surface area contributed by atoms with Crippen molar-refractivity contribution in [1.82, 2.24) is 0 Å². The lowest BCUT2D eigenvalue weighted by Gasteiger charge is -2.25. The summed E-state index contributed by atoms with van der Waals surface area (Å²) in [6, 6.07) is 16.2. The van der Waals surface area contributed by atoms with Gasteiger partial charge in [0.1, 0.15) is 17.2 Å². The number of carbonyl (C=O) groups excluding carboxylic acids is 1. The summed E-state index contributed by atoms with van der Waals surface area (Å²) in [5.41, 5.74) is 1.42. The Bertz CT molecular complexity index is 1270. The summed E-state index contributed by atoms with van der Waals surface area (Å²) < 4.78 is 34.3. The number of sulfonamides is 1. The number of anilines is 2. The average Bonchev–Trinajstić information content (AvgIpc) is 2.75. The molecule has 0 spiro atoms. The molecule has 10 heteroatoms. The highest BCUT2D eigenvalue weighted by molar-refractivity contribution is 9.10. The highest BCUT2D eigenvalue weighted by Crippen LogP contribution is 2.34. The molecule has 168 valence electrons. The highest BCUT2D eigenvalue weighted by atomic mass is 79.9. The van der Waals surface area contributed by atoms with Crippen molar-refractivity contribution in [2.75, 3.05) is 23.3 Å². The van der Waals surface area contributed by atoms with E-state index in [2.05, 4.69) is 21.2 Å². The van der Waals surface area contributed by atoms with Gasteiger partial charge in [0, 0.05) is 4.47 Å². The fraction of sp³-hybridized carbons (Fsp3) is 0.136. The van der Waals surface area contributed by atoms with E-state index >= 15 is 0 Å². The number of nitrogens with zero attached hydrogens (tertiary/aromatic N) is 1. The summed E-state index contributed by atoms with van der Waals surface area (Å²) in [6.07, 6.45) is 0. The van der Waals surface area contributed by atoms with E-state index in [-0.39, 0.29) is 26.4 Å². The molecule has 0 saturated carbocycles. The fourth-order valence-electron chi connectivity index (χ4n) is 2.94. The third-order valence-corrected chi connectivity index (χ3v) is 7.74. The summed E-state index contributed by atoms with van der Waals surface area (Å²) >= 11 is 15.5. The zero-order valence-corrected chi connectivity index (χ0v) is 21.0. The second-order valence-electron chi connectivity index (χ2n) is 6.79. The van der Waals surface area contributed by atoms with Gasteiger partial charge in [0.25, 0.3) is 10.0 Å². The number of ether oxygens (including phenoxy) is 1. The Hall–Kier alpha value is -2.26. The van der Waals surface area contributed by atoms with Crippen molar-refractivity contribution < 1.29 is 17.9 Å². The van der Waals surface area contributed by atoms with Crippen LogP contribution in [0.2, 0.25) is 10.0 Å². The van der Waals surface area contributed by atoms with Crippen LogP contribution < -0.4 is 14.4 Å². The maximum atomic E-state index is 13.7. The van der Waals surface area contributed by atoms with E-state index in [0.717, 1.165) is 9.87 Å². The largest absolute Gasteiger partial charge is 0.495 e. The maximum absolute atomic E-state index is 13.7. The van der Waals surface area contributed by atoms with E-state index < -0.39 is 22.5 Å². The van der Waals surface area contributed by atoms with Gasteiger partial charge in [0.15, 0.2) is 0 Å². The molecule has 3 aromatic rings. The molecule has 0 radical (unpaired) electrons. The number of hydrogen-bond donors (Lipinski definition) is 1. The Labute approximate surface area is 205 Å². The van der Waals surface area contributed by atoms with Crippen LogP contribution in [0.5, 0.6) is 5.75 Å². The number of hydrogen-bond acceptors (Lipinski definition) is 4. The molecule has 0 heterocycles. The van der Waals surface area contributed by atoms with Crippen molar-refractivity contribution in [3.8, 4) is 5.75 Å². The fourth-order valence-corrected chi connectivity index (χ4v) is 5.27. The molecule has 0 atom stereocenters. The molecule has 0 aromatic heterocycles. The van der Waals surface area contributed by atoms with E-state index in [9.17, 15) is 13.2 Å². The van der Waals surface area contributed by atoms with Gasteiger partial charge in [0.2, 0.25) is 5.91 Å². The summed E-state index contributed by atoms with van der Waals surface area (Å²) in [4.78, 5) is 12.8. The lowest BCUT2D eigenvalue weighted by Crippen LogP contribution is -2.38. The van der Waals surface area contributed by atoms with Crippen LogP contribution in [0.15, 0.2) is 70.0 Å². The Kier molecular flexibility index (Phi) is 7.71. The monoisotopic (exact) mass is 556 g/mol. The number of amides is 1. The highest BCUT2D eigenvalue weighted by Gasteiger charge is 2.30. The summed E-state index contributed by atoms with van der Waals surface area (Å²) in [5, 5.41) is 3.14. The first kappa shape index (κ1) is 24.4. The van der Waals surface area contributed by atoms with Gasteiger partial charge in [-0.1, -0.05) is 41.4 Å². The lowest BCUT2D eigenvalue weighted by molar-refractivity contribution is -0.114. The quantitative estimate of drug-likeness (QED) is 0.392. The minimum absolute atomic E-state index is 0.0697. The van der Waals surface area contributed by atoms with E-state index in [0.29, 0.717) is 10.2 Å². The van der Waals surface area contributed by atoms with Gasteiger partial charge in [-0.3, -0.25) is 9.10 Å². The predicted molar refractivity (Wildman–Crippen MR) is 131 cm³/mol. The topological polar surface area (TPSA) is 75.7 Å². The van der Waals surface area contributed by atoms with Crippen molar-refractivity contribution in [2.45, 2.75) is 11.8 Å². The van der Waals surface area contributed by atoms with Gasteiger partial charge < -0.3 is 10.1 Å². The van der Waals surface area contributed by atoms with Crippen molar-refractivity contribution in [3.05, 3.63) is 80.7 Å². The van der Waals surface area contributed by atoms with Gasteiger partial charge in [-0.05, 0) is 70.9 Å². The maximum Gasteiger partial charge on any atom is 0.268 e. The number of para-hydroxylation sites is 1. The molecular weight excluding hydrogens is 539 g/mol. The Balaban J connectivity index is 2.06. The van der Waals surface area contributed by atoms with Crippen molar-refractivity contribution in [3.63, 3.8) is 0 Å². The predicted octanol–water partition coefficient (Wildman–Crippen LogP) is 5.91. The molecule has 3 rings (SSSR count). The van der Waals surface area contributed by atoms with Crippen LogP contribution >= 0.6 is 39.1 Å². The molecule has 3 aromatic carbocycles. The van der Waals surface area contributed by atoms with Crippen LogP contribution in [0.4, 0.5) is 11.4 Å². The Morgan fingerprint density at radius 2 is 1.78 bits per heavy atom. The minimum Gasteiger partial charge on any atom is -0.495 e. The standard InChI is InChI=1S/C22H19BrCl2N2O4S/c1-14-7-10-20(31-2)21(11-14)32(29,30)27(15-8-9-17(24)18(25)12-15)13-22(28)26-19-6-4-3-5-16(19)23/h3-12H,13H2,1-2H3,(H,26,28).